The molecule has 2 heterocycles. The maximum atomic E-state index is 12.9. The van der Waals surface area contributed by atoms with E-state index in [0.29, 0.717) is 4.75 Å². The lowest BCUT2D eigenvalue weighted by Gasteiger charge is -2.26. The van der Waals surface area contributed by atoms with Crippen LogP contribution >= 0.6 is 11.8 Å². The standard InChI is InChI=1S/C14H21FN2S/c1-3-12(13-6-5-11(15)9-16-13)17-10-14(2)7-4-8-18-14/h5-6,9,12,17H,3-4,7-8,10H2,1-2H3. The van der Waals surface area contributed by atoms with Gasteiger partial charge in [0.1, 0.15) is 5.82 Å². The molecule has 0 amide bonds. The second-order valence-electron chi connectivity index (χ2n) is 5.14. The summed E-state index contributed by atoms with van der Waals surface area (Å²) in [6, 6.07) is 3.49. The predicted molar refractivity (Wildman–Crippen MR) is 75.3 cm³/mol. The van der Waals surface area contributed by atoms with Crippen LogP contribution in [0.15, 0.2) is 18.3 Å². The number of rotatable bonds is 5. The van der Waals surface area contributed by atoms with Crippen LogP contribution in [0.4, 0.5) is 4.39 Å². The van der Waals surface area contributed by atoms with Gasteiger partial charge in [0.15, 0.2) is 0 Å². The van der Waals surface area contributed by atoms with Gasteiger partial charge in [-0.1, -0.05) is 6.92 Å². The van der Waals surface area contributed by atoms with Crippen LogP contribution in [0.25, 0.3) is 0 Å². The van der Waals surface area contributed by atoms with Gasteiger partial charge in [-0.25, -0.2) is 4.39 Å². The van der Waals surface area contributed by atoms with Crippen molar-refractivity contribution in [2.75, 3.05) is 12.3 Å². The van der Waals surface area contributed by atoms with E-state index in [9.17, 15) is 4.39 Å². The van der Waals surface area contributed by atoms with Crippen LogP contribution in [-0.4, -0.2) is 22.0 Å². The molecule has 2 unspecified atom stereocenters. The highest BCUT2D eigenvalue weighted by atomic mass is 32.2. The summed E-state index contributed by atoms with van der Waals surface area (Å²) >= 11 is 2.05. The fraction of sp³-hybridized carbons (Fsp3) is 0.643. The Labute approximate surface area is 113 Å². The van der Waals surface area contributed by atoms with E-state index < -0.39 is 0 Å². The van der Waals surface area contributed by atoms with Gasteiger partial charge in [0.05, 0.1) is 11.9 Å². The molecule has 2 nitrogen and oxygen atoms in total. The molecular weight excluding hydrogens is 247 g/mol. The Kier molecular flexibility index (Phi) is 4.62. The Morgan fingerprint density at radius 1 is 1.56 bits per heavy atom. The number of hydrogen-bond donors (Lipinski definition) is 1. The highest BCUT2D eigenvalue weighted by Crippen LogP contribution is 2.37. The van der Waals surface area contributed by atoms with Crippen molar-refractivity contribution in [1.29, 1.82) is 0 Å². The molecule has 1 aliphatic heterocycles. The molecule has 1 N–H and O–H groups in total. The van der Waals surface area contributed by atoms with Gasteiger partial charge in [0.25, 0.3) is 0 Å². The summed E-state index contributed by atoms with van der Waals surface area (Å²) in [4.78, 5) is 4.17. The van der Waals surface area contributed by atoms with Crippen molar-refractivity contribution in [3.63, 3.8) is 0 Å². The zero-order chi connectivity index (χ0) is 13.0. The maximum absolute atomic E-state index is 12.9. The van der Waals surface area contributed by atoms with Gasteiger partial charge in [-0.2, -0.15) is 11.8 Å². The van der Waals surface area contributed by atoms with Crippen molar-refractivity contribution in [2.45, 2.75) is 43.9 Å². The molecule has 2 rings (SSSR count). The summed E-state index contributed by atoms with van der Waals surface area (Å²) in [5.41, 5.74) is 0.936. The van der Waals surface area contributed by atoms with Crippen molar-refractivity contribution in [2.24, 2.45) is 0 Å². The monoisotopic (exact) mass is 268 g/mol. The largest absolute Gasteiger partial charge is 0.307 e. The van der Waals surface area contributed by atoms with E-state index >= 15 is 0 Å². The molecule has 0 aliphatic carbocycles. The highest BCUT2D eigenvalue weighted by Gasteiger charge is 2.29. The summed E-state index contributed by atoms with van der Waals surface area (Å²) < 4.78 is 13.2. The van der Waals surface area contributed by atoms with Crippen LogP contribution in [0.5, 0.6) is 0 Å². The van der Waals surface area contributed by atoms with E-state index in [0.717, 1.165) is 18.7 Å². The first kappa shape index (κ1) is 13.8. The second-order valence-corrected chi connectivity index (χ2v) is 6.83. The summed E-state index contributed by atoms with van der Waals surface area (Å²) in [6.45, 7) is 5.45. The Bertz CT molecular complexity index is 374. The molecule has 18 heavy (non-hydrogen) atoms. The SMILES string of the molecule is CCC(NCC1(C)CCCS1)c1ccc(F)cn1. The van der Waals surface area contributed by atoms with Gasteiger partial charge < -0.3 is 5.32 Å². The molecule has 0 saturated carbocycles. The molecule has 0 radical (unpaired) electrons. The average molecular weight is 268 g/mol. The number of thioether (sulfide) groups is 1. The number of pyridine rings is 1. The molecule has 0 spiro atoms. The minimum atomic E-state index is -0.271. The number of nitrogens with zero attached hydrogens (tertiary/aromatic N) is 1. The third-order valence-electron chi connectivity index (χ3n) is 3.54. The van der Waals surface area contributed by atoms with E-state index in [-0.39, 0.29) is 11.9 Å². The normalized spacial score (nSPS) is 25.3. The number of halogens is 1. The minimum Gasteiger partial charge on any atom is -0.307 e. The molecule has 100 valence electrons. The van der Waals surface area contributed by atoms with Crippen molar-refractivity contribution in [3.8, 4) is 0 Å². The van der Waals surface area contributed by atoms with Crippen molar-refractivity contribution in [3.05, 3.63) is 29.8 Å². The van der Waals surface area contributed by atoms with Gasteiger partial charge in [0.2, 0.25) is 0 Å². The van der Waals surface area contributed by atoms with E-state index in [1.165, 1.54) is 30.9 Å². The smallest absolute Gasteiger partial charge is 0.141 e. The van der Waals surface area contributed by atoms with Crippen molar-refractivity contribution < 1.29 is 4.39 Å². The van der Waals surface area contributed by atoms with Crippen LogP contribution in [0.3, 0.4) is 0 Å². The van der Waals surface area contributed by atoms with Crippen molar-refractivity contribution >= 4 is 11.8 Å². The average Bonchev–Trinajstić information content (AvgIpc) is 2.79. The molecule has 1 aliphatic rings. The zero-order valence-corrected chi connectivity index (χ0v) is 11.9. The third kappa shape index (κ3) is 3.45. The number of aromatic nitrogens is 1. The van der Waals surface area contributed by atoms with Crippen LogP contribution in [0.2, 0.25) is 0 Å². The third-order valence-corrected chi connectivity index (χ3v) is 5.08. The summed E-state index contributed by atoms with van der Waals surface area (Å²) in [5.74, 6) is 0.996. The lowest BCUT2D eigenvalue weighted by atomic mass is 10.0. The highest BCUT2D eigenvalue weighted by molar-refractivity contribution is 8.00. The first-order chi connectivity index (χ1) is 8.63. The van der Waals surface area contributed by atoms with Gasteiger partial charge in [0, 0.05) is 17.3 Å². The molecule has 1 aromatic heterocycles. The Hall–Kier alpha value is -0.610. The van der Waals surface area contributed by atoms with Crippen LogP contribution in [-0.2, 0) is 0 Å². The molecule has 1 fully saturated rings. The predicted octanol–water partition coefficient (Wildman–Crippen LogP) is 3.55. The molecular formula is C14H21FN2S. The van der Waals surface area contributed by atoms with Crippen LogP contribution < -0.4 is 5.32 Å². The molecule has 0 aromatic carbocycles. The molecule has 0 bridgehead atoms. The summed E-state index contributed by atoms with van der Waals surface area (Å²) in [7, 11) is 0. The first-order valence-corrected chi connectivity index (χ1v) is 7.60. The second kappa shape index (κ2) is 6.02. The van der Waals surface area contributed by atoms with Crippen molar-refractivity contribution in [1.82, 2.24) is 10.3 Å². The minimum absolute atomic E-state index is 0.226. The van der Waals surface area contributed by atoms with Crippen LogP contribution in [0, 0.1) is 5.82 Å². The fourth-order valence-electron chi connectivity index (χ4n) is 2.37. The number of hydrogen-bond acceptors (Lipinski definition) is 3. The van der Waals surface area contributed by atoms with Gasteiger partial charge >= 0.3 is 0 Å². The fourth-order valence-corrected chi connectivity index (χ4v) is 3.62. The Morgan fingerprint density at radius 2 is 2.39 bits per heavy atom. The lowest BCUT2D eigenvalue weighted by molar-refractivity contribution is 0.454. The molecule has 2 atom stereocenters. The topological polar surface area (TPSA) is 24.9 Å². The van der Waals surface area contributed by atoms with Gasteiger partial charge in [-0.3, -0.25) is 4.98 Å². The van der Waals surface area contributed by atoms with E-state index in [1.54, 1.807) is 6.07 Å². The maximum Gasteiger partial charge on any atom is 0.141 e. The lowest BCUT2D eigenvalue weighted by Crippen LogP contribution is -2.35. The first-order valence-electron chi connectivity index (χ1n) is 6.62. The van der Waals surface area contributed by atoms with E-state index in [2.05, 4.69) is 35.9 Å². The zero-order valence-electron chi connectivity index (χ0n) is 11.1. The van der Waals surface area contributed by atoms with Gasteiger partial charge in [-0.15, -0.1) is 0 Å². The summed E-state index contributed by atoms with van der Waals surface area (Å²) in [6.07, 6.45) is 4.86. The van der Waals surface area contributed by atoms with Crippen LogP contribution in [0.1, 0.15) is 44.8 Å². The van der Waals surface area contributed by atoms with E-state index in [1.807, 2.05) is 0 Å². The molecule has 1 saturated heterocycles. The molecule has 4 heteroatoms. The quantitative estimate of drug-likeness (QED) is 0.884. The Balaban J connectivity index is 1.95. The summed E-state index contributed by atoms with van der Waals surface area (Å²) in [5, 5.41) is 3.58. The van der Waals surface area contributed by atoms with Gasteiger partial charge in [-0.05, 0) is 44.1 Å². The van der Waals surface area contributed by atoms with E-state index in [4.69, 9.17) is 0 Å². The number of nitrogens with one attached hydrogen (secondary N) is 1. The molecule has 1 aromatic rings. The Morgan fingerprint density at radius 3 is 2.94 bits per heavy atom.